The van der Waals surface area contributed by atoms with Crippen molar-refractivity contribution in [3.63, 3.8) is 0 Å². The molecule has 7 heteroatoms. The molecule has 2 unspecified atom stereocenters. The molecule has 2 aliphatic rings. The van der Waals surface area contributed by atoms with Gasteiger partial charge in [0, 0.05) is 29.3 Å². The Morgan fingerprint density at radius 2 is 1.87 bits per heavy atom. The molecule has 0 amide bonds. The van der Waals surface area contributed by atoms with Crippen molar-refractivity contribution in [2.45, 2.75) is 18.6 Å². The Bertz CT molecular complexity index is 1130. The number of ether oxygens (including phenoxy) is 2. The molecule has 3 aromatic rings. The van der Waals surface area contributed by atoms with E-state index in [0.29, 0.717) is 28.5 Å². The molecule has 5 nitrogen and oxygen atoms in total. The summed E-state index contributed by atoms with van der Waals surface area (Å²) in [5, 5.41) is 14.0. The molecule has 2 heterocycles. The van der Waals surface area contributed by atoms with Gasteiger partial charge in [0.2, 0.25) is 6.79 Å². The van der Waals surface area contributed by atoms with Crippen LogP contribution >= 0.6 is 11.6 Å². The zero-order valence-corrected chi connectivity index (χ0v) is 16.6. The summed E-state index contributed by atoms with van der Waals surface area (Å²) in [5.41, 5.74) is 2.59. The van der Waals surface area contributed by atoms with Crippen LogP contribution in [0.2, 0.25) is 5.02 Å². The van der Waals surface area contributed by atoms with E-state index in [-0.39, 0.29) is 24.1 Å². The molecule has 0 aliphatic carbocycles. The first kappa shape index (κ1) is 18.9. The third kappa shape index (κ3) is 3.38. The van der Waals surface area contributed by atoms with Crippen LogP contribution < -0.4 is 14.8 Å². The predicted molar refractivity (Wildman–Crippen MR) is 112 cm³/mol. The van der Waals surface area contributed by atoms with E-state index in [4.69, 9.17) is 26.1 Å². The second-order valence-corrected chi connectivity index (χ2v) is 7.57. The maximum atomic E-state index is 14.7. The zero-order valence-electron chi connectivity index (χ0n) is 15.8. The second kappa shape index (κ2) is 7.63. The first-order valence-electron chi connectivity index (χ1n) is 9.54. The highest BCUT2D eigenvalue weighted by Crippen LogP contribution is 2.39. The molecular formula is C23H18ClFN2O3. The summed E-state index contributed by atoms with van der Waals surface area (Å²) < 4.78 is 25.6. The van der Waals surface area contributed by atoms with E-state index in [1.54, 1.807) is 24.3 Å². The summed E-state index contributed by atoms with van der Waals surface area (Å²) in [7, 11) is 0. The normalized spacial score (nSPS) is 20.1. The lowest BCUT2D eigenvalue weighted by Gasteiger charge is -2.31. The van der Waals surface area contributed by atoms with Gasteiger partial charge in [0.05, 0.1) is 5.02 Å². The number of nitrogens with one attached hydrogen (secondary N) is 1. The second-order valence-electron chi connectivity index (χ2n) is 7.16. The van der Waals surface area contributed by atoms with Gasteiger partial charge in [0.15, 0.2) is 11.5 Å². The van der Waals surface area contributed by atoms with E-state index in [2.05, 4.69) is 5.32 Å². The number of nitrogens with zero attached hydrogens (tertiary/aromatic N) is 1. The summed E-state index contributed by atoms with van der Waals surface area (Å²) in [6.07, 6.45) is -0.211. The van der Waals surface area contributed by atoms with Gasteiger partial charge in [-0.15, -0.1) is 0 Å². The van der Waals surface area contributed by atoms with Gasteiger partial charge >= 0.3 is 0 Å². The summed E-state index contributed by atoms with van der Waals surface area (Å²) in [6, 6.07) is 17.0. The number of phenols is 1. The fraction of sp³-hybridized carbons (Fsp3) is 0.174. The molecule has 0 saturated carbocycles. The lowest BCUT2D eigenvalue weighted by atomic mass is 9.93. The van der Waals surface area contributed by atoms with Crippen LogP contribution in [0.1, 0.15) is 35.3 Å². The average molecular weight is 425 g/mol. The number of hydrogen-bond donors (Lipinski definition) is 2. The van der Waals surface area contributed by atoms with Crippen molar-refractivity contribution >= 4 is 17.3 Å². The fourth-order valence-corrected chi connectivity index (χ4v) is 4.13. The number of aliphatic imine (C=N–C) groups is 1. The van der Waals surface area contributed by atoms with Gasteiger partial charge < -0.3 is 14.6 Å². The summed E-state index contributed by atoms with van der Waals surface area (Å²) in [4.78, 5) is 4.78. The van der Waals surface area contributed by atoms with Gasteiger partial charge in [0.1, 0.15) is 17.7 Å². The average Bonchev–Trinajstić information content (AvgIpc) is 3.22. The molecule has 2 N–H and O–H groups in total. The fourth-order valence-electron chi connectivity index (χ4n) is 3.86. The van der Waals surface area contributed by atoms with Crippen LogP contribution in [0.25, 0.3) is 0 Å². The third-order valence-corrected chi connectivity index (χ3v) is 5.66. The molecular weight excluding hydrogens is 407 g/mol. The topological polar surface area (TPSA) is 63.1 Å². The molecule has 0 radical (unpaired) electrons. The molecule has 2 atom stereocenters. The minimum absolute atomic E-state index is 0.167. The van der Waals surface area contributed by atoms with Crippen LogP contribution in [0.3, 0.4) is 0 Å². The van der Waals surface area contributed by atoms with Crippen molar-refractivity contribution in [2.75, 3.05) is 6.79 Å². The van der Waals surface area contributed by atoms with E-state index in [1.165, 1.54) is 6.07 Å². The molecule has 2 aliphatic heterocycles. The summed E-state index contributed by atoms with van der Waals surface area (Å²) in [5.74, 6) is 1.06. The first-order valence-corrected chi connectivity index (χ1v) is 9.92. The minimum Gasteiger partial charge on any atom is -0.508 e. The molecule has 0 aromatic heterocycles. The molecule has 152 valence electrons. The standard InChI is InChI=1S/C23H18ClFN2O3/c24-15-5-3-6-16(25)22(15)23-26-17(13-8-9-20-21(10-13)30-12-29-20)11-18(27-23)14-4-1-2-7-19(14)28/h1-10,18,23,27-28H,11-12H2. The monoisotopic (exact) mass is 424 g/mol. The Morgan fingerprint density at radius 3 is 2.70 bits per heavy atom. The Kier molecular flexibility index (Phi) is 4.81. The van der Waals surface area contributed by atoms with Crippen LogP contribution in [0.4, 0.5) is 4.39 Å². The van der Waals surface area contributed by atoms with Crippen LogP contribution in [-0.4, -0.2) is 17.6 Å². The highest BCUT2D eigenvalue weighted by atomic mass is 35.5. The van der Waals surface area contributed by atoms with E-state index >= 15 is 0 Å². The largest absolute Gasteiger partial charge is 0.508 e. The molecule has 0 fully saturated rings. The molecule has 5 rings (SSSR count). The third-order valence-electron chi connectivity index (χ3n) is 5.33. The molecule has 0 bridgehead atoms. The molecule has 3 aromatic carbocycles. The first-order chi connectivity index (χ1) is 14.6. The number of rotatable bonds is 3. The number of aromatic hydroxyl groups is 1. The quantitative estimate of drug-likeness (QED) is 0.611. The number of hydrogen-bond acceptors (Lipinski definition) is 5. The highest BCUT2D eigenvalue weighted by Gasteiger charge is 2.30. The van der Waals surface area contributed by atoms with Crippen molar-refractivity contribution in [1.82, 2.24) is 5.32 Å². The highest BCUT2D eigenvalue weighted by molar-refractivity contribution is 6.31. The van der Waals surface area contributed by atoms with Crippen molar-refractivity contribution < 1.29 is 19.0 Å². The lowest BCUT2D eigenvalue weighted by Crippen LogP contribution is -2.33. The Labute approximate surface area is 177 Å². The van der Waals surface area contributed by atoms with Crippen LogP contribution in [-0.2, 0) is 0 Å². The molecule has 0 saturated heterocycles. The van der Waals surface area contributed by atoms with Crippen LogP contribution in [0.15, 0.2) is 65.7 Å². The number of halogens is 2. The predicted octanol–water partition coefficient (Wildman–Crippen LogP) is 5.14. The SMILES string of the molecule is Oc1ccccc1C1CC(c2ccc3c(c2)OCO3)=NC(c2c(F)cccc2Cl)N1. The van der Waals surface area contributed by atoms with Crippen LogP contribution in [0, 0.1) is 5.82 Å². The minimum atomic E-state index is -0.711. The van der Waals surface area contributed by atoms with Crippen molar-refractivity contribution in [1.29, 1.82) is 0 Å². The molecule has 0 spiro atoms. The van der Waals surface area contributed by atoms with Crippen molar-refractivity contribution in [3.8, 4) is 17.2 Å². The number of fused-ring (bicyclic) bond motifs is 1. The van der Waals surface area contributed by atoms with Crippen LogP contribution in [0.5, 0.6) is 17.2 Å². The number of phenolic OH excluding ortho intramolecular Hbond substituents is 1. The Balaban J connectivity index is 1.60. The van der Waals surface area contributed by atoms with Gasteiger partial charge in [-0.1, -0.05) is 35.9 Å². The maximum absolute atomic E-state index is 14.7. The van der Waals surface area contributed by atoms with Gasteiger partial charge in [-0.3, -0.25) is 10.3 Å². The molecule has 30 heavy (non-hydrogen) atoms. The van der Waals surface area contributed by atoms with Gasteiger partial charge in [-0.25, -0.2) is 4.39 Å². The number of para-hydroxylation sites is 1. The number of benzene rings is 3. The van der Waals surface area contributed by atoms with E-state index in [1.807, 2.05) is 30.3 Å². The van der Waals surface area contributed by atoms with Crippen molar-refractivity contribution in [2.24, 2.45) is 4.99 Å². The summed E-state index contributed by atoms with van der Waals surface area (Å²) >= 11 is 6.32. The lowest BCUT2D eigenvalue weighted by molar-refractivity contribution is 0.174. The Hall–Kier alpha value is -3.09. The van der Waals surface area contributed by atoms with E-state index in [9.17, 15) is 9.50 Å². The van der Waals surface area contributed by atoms with Crippen molar-refractivity contribution in [3.05, 3.63) is 88.2 Å². The van der Waals surface area contributed by atoms with Gasteiger partial charge in [-0.2, -0.15) is 0 Å². The van der Waals surface area contributed by atoms with E-state index in [0.717, 1.165) is 11.3 Å². The van der Waals surface area contributed by atoms with Gasteiger partial charge in [0.25, 0.3) is 0 Å². The Morgan fingerprint density at radius 1 is 1.03 bits per heavy atom. The van der Waals surface area contributed by atoms with Gasteiger partial charge in [-0.05, 0) is 42.0 Å². The smallest absolute Gasteiger partial charge is 0.231 e. The van der Waals surface area contributed by atoms with E-state index < -0.39 is 12.0 Å². The maximum Gasteiger partial charge on any atom is 0.231 e. The zero-order chi connectivity index (χ0) is 20.7. The summed E-state index contributed by atoms with van der Waals surface area (Å²) in [6.45, 7) is 0.181.